The van der Waals surface area contributed by atoms with Gasteiger partial charge in [-0.1, -0.05) is 6.92 Å². The lowest BCUT2D eigenvalue weighted by Gasteiger charge is -2.34. The molecule has 2 aliphatic heterocycles. The Morgan fingerprint density at radius 2 is 1.90 bits per heavy atom. The van der Waals surface area contributed by atoms with Gasteiger partial charge in [-0.25, -0.2) is 0 Å². The summed E-state index contributed by atoms with van der Waals surface area (Å²) in [4.78, 5) is 26.2. The number of ether oxygens (including phenoxy) is 2. The van der Waals surface area contributed by atoms with Crippen LogP contribution in [0.15, 0.2) is 0 Å². The molecule has 0 aromatic rings. The molecule has 0 saturated carbocycles. The van der Waals surface area contributed by atoms with Gasteiger partial charge in [0.05, 0.1) is 31.2 Å². The molecule has 2 fully saturated rings. The summed E-state index contributed by atoms with van der Waals surface area (Å²) < 4.78 is 10.6. The van der Waals surface area contributed by atoms with E-state index in [2.05, 4.69) is 6.92 Å². The molecule has 0 N–H and O–H groups in total. The number of carbonyl (C=O) groups is 2. The molecular weight excluding hydrogens is 258 g/mol. The number of rotatable bonds is 2. The number of hydrogen-bond donors (Lipinski definition) is 0. The van der Waals surface area contributed by atoms with E-state index in [4.69, 9.17) is 9.47 Å². The van der Waals surface area contributed by atoms with Crippen LogP contribution in [-0.4, -0.2) is 49.2 Å². The van der Waals surface area contributed by atoms with Crippen LogP contribution in [-0.2, 0) is 19.1 Å². The molecule has 0 aromatic heterocycles. The maximum atomic E-state index is 12.7. The van der Waals surface area contributed by atoms with Crippen molar-refractivity contribution in [2.24, 2.45) is 17.8 Å². The van der Waals surface area contributed by atoms with Crippen LogP contribution in [0.3, 0.4) is 0 Å². The predicted octanol–water partition coefficient (Wildman–Crippen LogP) is 1.46. The summed E-state index contributed by atoms with van der Waals surface area (Å²) >= 11 is 0. The fourth-order valence-electron chi connectivity index (χ4n) is 3.44. The van der Waals surface area contributed by atoms with E-state index < -0.39 is 0 Å². The number of methoxy groups -OCH3 is 1. The summed E-state index contributed by atoms with van der Waals surface area (Å²) in [7, 11) is 1.40. The molecule has 0 aromatic carbocycles. The van der Waals surface area contributed by atoms with Gasteiger partial charge in [0.1, 0.15) is 0 Å². The predicted molar refractivity (Wildman–Crippen MR) is 74.0 cm³/mol. The van der Waals surface area contributed by atoms with E-state index >= 15 is 0 Å². The molecule has 0 radical (unpaired) electrons. The summed E-state index contributed by atoms with van der Waals surface area (Å²) in [6.07, 6.45) is 1.72. The van der Waals surface area contributed by atoms with Gasteiger partial charge in [0.25, 0.3) is 0 Å². The normalized spacial score (nSPS) is 37.8. The Hall–Kier alpha value is -1.10. The summed E-state index contributed by atoms with van der Waals surface area (Å²) in [5.41, 5.74) is 0. The highest BCUT2D eigenvalue weighted by atomic mass is 16.5. The van der Waals surface area contributed by atoms with Gasteiger partial charge in [-0.15, -0.1) is 0 Å². The number of piperidine rings is 1. The number of likely N-dealkylation sites (tertiary alicyclic amines) is 1. The zero-order valence-corrected chi connectivity index (χ0v) is 12.8. The minimum Gasteiger partial charge on any atom is -0.469 e. The second-order valence-electron chi connectivity index (χ2n) is 6.08. The van der Waals surface area contributed by atoms with Crippen molar-refractivity contribution in [2.45, 2.75) is 45.8 Å². The Labute approximate surface area is 120 Å². The molecule has 2 heterocycles. The number of carbonyl (C=O) groups excluding carboxylic acids is 2. The van der Waals surface area contributed by atoms with Crippen molar-refractivity contribution in [3.8, 4) is 0 Å². The first-order valence-corrected chi connectivity index (χ1v) is 7.47. The van der Waals surface area contributed by atoms with Crippen LogP contribution in [0.5, 0.6) is 0 Å². The van der Waals surface area contributed by atoms with Crippen molar-refractivity contribution in [1.82, 2.24) is 4.90 Å². The Bertz CT molecular complexity index is 384. The lowest BCUT2D eigenvalue weighted by molar-refractivity contribution is -0.150. The van der Waals surface area contributed by atoms with Gasteiger partial charge in [-0.3, -0.25) is 9.59 Å². The Morgan fingerprint density at radius 3 is 2.45 bits per heavy atom. The topological polar surface area (TPSA) is 55.8 Å². The second-order valence-corrected chi connectivity index (χ2v) is 6.08. The van der Waals surface area contributed by atoms with Crippen LogP contribution >= 0.6 is 0 Å². The average molecular weight is 283 g/mol. The van der Waals surface area contributed by atoms with Gasteiger partial charge < -0.3 is 14.4 Å². The van der Waals surface area contributed by atoms with Crippen molar-refractivity contribution < 1.29 is 19.1 Å². The van der Waals surface area contributed by atoms with Gasteiger partial charge in [0.2, 0.25) is 5.91 Å². The van der Waals surface area contributed by atoms with E-state index in [1.54, 1.807) is 0 Å². The van der Waals surface area contributed by atoms with Crippen molar-refractivity contribution in [3.63, 3.8) is 0 Å². The molecule has 114 valence electrons. The van der Waals surface area contributed by atoms with Crippen molar-refractivity contribution in [3.05, 3.63) is 0 Å². The van der Waals surface area contributed by atoms with E-state index in [0.29, 0.717) is 6.54 Å². The zero-order valence-electron chi connectivity index (χ0n) is 12.8. The zero-order chi connectivity index (χ0) is 14.9. The van der Waals surface area contributed by atoms with Crippen molar-refractivity contribution >= 4 is 11.9 Å². The van der Waals surface area contributed by atoms with Gasteiger partial charge in [0, 0.05) is 13.1 Å². The van der Waals surface area contributed by atoms with E-state index in [9.17, 15) is 9.59 Å². The third-order valence-corrected chi connectivity index (χ3v) is 4.79. The standard InChI is InChI=1S/C15H25NO4/c1-9-10(2)20-11(3)13(9)14(17)16-7-5-6-12(8-16)15(18)19-4/h9-13H,5-8H2,1-4H3. The maximum Gasteiger partial charge on any atom is 0.310 e. The summed E-state index contributed by atoms with van der Waals surface area (Å²) in [6, 6.07) is 0. The van der Waals surface area contributed by atoms with Crippen LogP contribution in [0.25, 0.3) is 0 Å². The molecule has 5 unspecified atom stereocenters. The van der Waals surface area contributed by atoms with Crippen LogP contribution in [0.2, 0.25) is 0 Å². The maximum absolute atomic E-state index is 12.7. The molecule has 5 atom stereocenters. The van der Waals surface area contributed by atoms with E-state index in [1.165, 1.54) is 7.11 Å². The molecule has 0 spiro atoms. The second kappa shape index (κ2) is 6.12. The molecule has 20 heavy (non-hydrogen) atoms. The minimum absolute atomic E-state index is 0.0500. The molecule has 0 aliphatic carbocycles. The van der Waals surface area contributed by atoms with Crippen LogP contribution in [0.1, 0.15) is 33.6 Å². The van der Waals surface area contributed by atoms with Gasteiger partial charge in [-0.2, -0.15) is 0 Å². The SMILES string of the molecule is COC(=O)C1CCCN(C(=O)C2C(C)OC(C)C2C)C1. The molecule has 5 nitrogen and oxygen atoms in total. The van der Waals surface area contributed by atoms with Crippen LogP contribution in [0, 0.1) is 17.8 Å². The highest BCUT2D eigenvalue weighted by molar-refractivity contribution is 5.81. The minimum atomic E-state index is -0.209. The molecule has 1 amide bonds. The molecule has 2 saturated heterocycles. The molecule has 2 aliphatic rings. The quantitative estimate of drug-likeness (QED) is 0.720. The molecule has 0 bridgehead atoms. The first-order chi connectivity index (χ1) is 9.45. The average Bonchev–Trinajstić information content (AvgIpc) is 2.70. The van der Waals surface area contributed by atoms with Gasteiger partial charge >= 0.3 is 5.97 Å². The van der Waals surface area contributed by atoms with E-state index in [-0.39, 0.29) is 41.8 Å². The molecule has 5 heteroatoms. The van der Waals surface area contributed by atoms with Crippen molar-refractivity contribution in [1.29, 1.82) is 0 Å². The molecular formula is C15H25NO4. The third kappa shape index (κ3) is 2.82. The fourth-order valence-corrected chi connectivity index (χ4v) is 3.44. The lowest BCUT2D eigenvalue weighted by Crippen LogP contribution is -2.47. The number of esters is 1. The highest BCUT2D eigenvalue weighted by Crippen LogP contribution is 2.34. The smallest absolute Gasteiger partial charge is 0.310 e. The Morgan fingerprint density at radius 1 is 1.20 bits per heavy atom. The lowest BCUT2D eigenvalue weighted by atomic mass is 9.87. The van der Waals surface area contributed by atoms with E-state index in [1.807, 2.05) is 18.7 Å². The van der Waals surface area contributed by atoms with Crippen molar-refractivity contribution in [2.75, 3.05) is 20.2 Å². The van der Waals surface area contributed by atoms with Crippen LogP contribution in [0.4, 0.5) is 0 Å². The number of nitrogens with zero attached hydrogens (tertiary/aromatic N) is 1. The van der Waals surface area contributed by atoms with E-state index in [0.717, 1.165) is 19.4 Å². The first kappa shape index (κ1) is 15.3. The summed E-state index contributed by atoms with van der Waals surface area (Å²) in [5, 5.41) is 0. The van der Waals surface area contributed by atoms with Gasteiger partial charge in [-0.05, 0) is 32.6 Å². The van der Waals surface area contributed by atoms with Gasteiger partial charge in [0.15, 0.2) is 0 Å². The number of amides is 1. The monoisotopic (exact) mass is 283 g/mol. The largest absolute Gasteiger partial charge is 0.469 e. The first-order valence-electron chi connectivity index (χ1n) is 7.47. The third-order valence-electron chi connectivity index (χ3n) is 4.79. The number of hydrogen-bond acceptors (Lipinski definition) is 4. The Kier molecular flexibility index (Phi) is 4.68. The van der Waals surface area contributed by atoms with Crippen LogP contribution < -0.4 is 0 Å². The molecule has 2 rings (SSSR count). The summed E-state index contributed by atoms with van der Waals surface area (Å²) in [5.74, 6) is -0.136. The fraction of sp³-hybridized carbons (Fsp3) is 0.867. The highest BCUT2D eigenvalue weighted by Gasteiger charge is 2.44. The Balaban J connectivity index is 2.03. The summed E-state index contributed by atoms with van der Waals surface area (Å²) in [6.45, 7) is 7.26.